The Hall–Kier alpha value is -4.45. The summed E-state index contributed by atoms with van der Waals surface area (Å²) in [6.07, 6.45) is 0.546. The number of rotatable bonds is 7. The molecule has 0 saturated carbocycles. The Kier molecular flexibility index (Phi) is 9.77. The molecule has 3 rings (SSSR count). The number of esters is 2. The Morgan fingerprint density at radius 3 is 2.05 bits per heavy atom. The number of methoxy groups -OCH3 is 2. The first-order chi connectivity index (χ1) is 18.2. The standard InChI is InChI=1S/C26H27FN6O4S/c1-15-11-16(2)30-25(29-15)32-24(28-10-9-17-5-7-20(27)8-6-17)33-26(38)31-21-13-18(22(34)36-3)12-19(14-21)23(35)37-4/h5-8,11-14H,9-10H2,1-4H3,(H3,28,29,30,31,32,33,38). The zero-order chi connectivity index (χ0) is 27.7. The van der Waals surface area contributed by atoms with Gasteiger partial charge < -0.3 is 20.1 Å². The number of halogens is 1. The molecule has 3 N–H and O–H groups in total. The number of nitrogens with zero attached hydrogens (tertiary/aromatic N) is 3. The fraction of sp³-hybridized carbons (Fsp3) is 0.231. The van der Waals surface area contributed by atoms with E-state index in [4.69, 9.17) is 21.7 Å². The Morgan fingerprint density at radius 2 is 1.50 bits per heavy atom. The van der Waals surface area contributed by atoms with Gasteiger partial charge in [0.2, 0.25) is 11.9 Å². The summed E-state index contributed by atoms with van der Waals surface area (Å²) in [6.45, 7) is 4.04. The number of aryl methyl sites for hydroxylation is 2. The van der Waals surface area contributed by atoms with Crippen molar-refractivity contribution in [1.29, 1.82) is 0 Å². The number of anilines is 2. The van der Waals surface area contributed by atoms with Gasteiger partial charge in [0, 0.05) is 23.6 Å². The zero-order valence-electron chi connectivity index (χ0n) is 21.3. The van der Waals surface area contributed by atoms with E-state index < -0.39 is 11.9 Å². The lowest BCUT2D eigenvalue weighted by atomic mass is 10.1. The van der Waals surface area contributed by atoms with Gasteiger partial charge in [0.05, 0.1) is 25.3 Å². The van der Waals surface area contributed by atoms with Crippen molar-refractivity contribution in [2.45, 2.75) is 20.3 Å². The molecule has 0 amide bonds. The molecule has 0 bridgehead atoms. The van der Waals surface area contributed by atoms with Gasteiger partial charge in [-0.2, -0.15) is 0 Å². The molecule has 1 aromatic heterocycles. The van der Waals surface area contributed by atoms with Crippen LogP contribution in [0.1, 0.15) is 37.7 Å². The molecule has 0 spiro atoms. The summed E-state index contributed by atoms with van der Waals surface area (Å²) in [5.41, 5.74) is 3.06. The second kappa shape index (κ2) is 13.2. The number of benzene rings is 2. The summed E-state index contributed by atoms with van der Waals surface area (Å²) < 4.78 is 22.8. The van der Waals surface area contributed by atoms with E-state index in [0.717, 1.165) is 17.0 Å². The maximum absolute atomic E-state index is 13.2. The van der Waals surface area contributed by atoms with Gasteiger partial charge in [-0.25, -0.2) is 23.9 Å². The molecule has 1 heterocycles. The summed E-state index contributed by atoms with van der Waals surface area (Å²) in [5, 5.41) is 9.04. The Labute approximate surface area is 224 Å². The molecule has 3 aromatic rings. The molecule has 198 valence electrons. The van der Waals surface area contributed by atoms with Crippen LogP contribution in [0.15, 0.2) is 53.5 Å². The third-order valence-electron chi connectivity index (χ3n) is 5.06. The van der Waals surface area contributed by atoms with Crippen molar-refractivity contribution >= 4 is 46.9 Å². The van der Waals surface area contributed by atoms with Crippen LogP contribution in [0, 0.1) is 19.7 Å². The van der Waals surface area contributed by atoms with E-state index in [1.165, 1.54) is 44.6 Å². The first-order valence-corrected chi connectivity index (χ1v) is 11.9. The minimum Gasteiger partial charge on any atom is -0.465 e. The topological polar surface area (TPSA) is 127 Å². The SMILES string of the molecule is COC(=O)c1cc(NC(=S)NC(=NCCc2ccc(F)cc2)Nc2nc(C)cc(C)n2)cc(C(=O)OC)c1. The molecule has 0 unspecified atom stereocenters. The zero-order valence-corrected chi connectivity index (χ0v) is 22.1. The number of carbonyl (C=O) groups is 2. The summed E-state index contributed by atoms with van der Waals surface area (Å²) in [5.74, 6) is -0.995. The Morgan fingerprint density at radius 1 is 0.921 bits per heavy atom. The lowest BCUT2D eigenvalue weighted by molar-refractivity contribution is 0.0599. The normalized spacial score (nSPS) is 10.9. The maximum atomic E-state index is 13.2. The van der Waals surface area contributed by atoms with Crippen molar-refractivity contribution in [3.8, 4) is 0 Å². The molecule has 0 atom stereocenters. The highest BCUT2D eigenvalue weighted by Crippen LogP contribution is 2.17. The van der Waals surface area contributed by atoms with Crippen LogP contribution in [-0.4, -0.2) is 53.7 Å². The van der Waals surface area contributed by atoms with Crippen molar-refractivity contribution in [2.75, 3.05) is 31.4 Å². The highest BCUT2D eigenvalue weighted by Gasteiger charge is 2.15. The van der Waals surface area contributed by atoms with Crippen LogP contribution in [0.25, 0.3) is 0 Å². The number of thiocarbonyl (C=S) groups is 1. The number of hydrogen-bond acceptors (Lipinski definition) is 8. The molecule has 0 fully saturated rings. The van der Waals surface area contributed by atoms with Crippen LogP contribution in [0.3, 0.4) is 0 Å². The predicted molar refractivity (Wildman–Crippen MR) is 146 cm³/mol. The second-order valence-corrected chi connectivity index (χ2v) is 8.48. The highest BCUT2D eigenvalue weighted by atomic mass is 32.1. The molecule has 2 aromatic carbocycles. The van der Waals surface area contributed by atoms with Crippen LogP contribution in [0.5, 0.6) is 0 Å². The maximum Gasteiger partial charge on any atom is 0.337 e. The monoisotopic (exact) mass is 538 g/mol. The molecule has 0 radical (unpaired) electrons. The Balaban J connectivity index is 1.81. The first kappa shape index (κ1) is 28.1. The lowest BCUT2D eigenvalue weighted by Gasteiger charge is -2.15. The van der Waals surface area contributed by atoms with Gasteiger partial charge in [0.25, 0.3) is 0 Å². The van der Waals surface area contributed by atoms with Crippen molar-refractivity contribution in [3.63, 3.8) is 0 Å². The largest absolute Gasteiger partial charge is 0.465 e. The number of hydrogen-bond donors (Lipinski definition) is 3. The molecular formula is C26H27FN6O4S. The van der Waals surface area contributed by atoms with Crippen LogP contribution >= 0.6 is 12.2 Å². The van der Waals surface area contributed by atoms with Crippen molar-refractivity contribution < 1.29 is 23.5 Å². The molecule has 0 saturated heterocycles. The second-order valence-electron chi connectivity index (χ2n) is 8.07. The fourth-order valence-corrected chi connectivity index (χ4v) is 3.60. The van der Waals surface area contributed by atoms with Gasteiger partial charge in [-0.3, -0.25) is 10.3 Å². The van der Waals surface area contributed by atoms with E-state index in [1.807, 2.05) is 19.9 Å². The minimum absolute atomic E-state index is 0.111. The van der Waals surface area contributed by atoms with Gasteiger partial charge in [-0.05, 0) is 74.4 Å². The highest BCUT2D eigenvalue weighted by molar-refractivity contribution is 7.80. The van der Waals surface area contributed by atoms with Crippen molar-refractivity contribution in [2.24, 2.45) is 4.99 Å². The quantitative estimate of drug-likeness (QED) is 0.177. The smallest absolute Gasteiger partial charge is 0.337 e. The molecule has 12 heteroatoms. The van der Waals surface area contributed by atoms with Crippen molar-refractivity contribution in [3.05, 3.63) is 82.4 Å². The van der Waals surface area contributed by atoms with Gasteiger partial charge in [-0.1, -0.05) is 12.1 Å². The van der Waals surface area contributed by atoms with Crippen LogP contribution in [0.2, 0.25) is 0 Å². The minimum atomic E-state index is -0.630. The number of ether oxygens (including phenoxy) is 2. The summed E-state index contributed by atoms with van der Waals surface area (Å²) >= 11 is 5.46. The first-order valence-electron chi connectivity index (χ1n) is 11.4. The number of nitrogens with one attached hydrogen (secondary N) is 3. The number of aromatic nitrogens is 2. The van der Waals surface area contributed by atoms with E-state index >= 15 is 0 Å². The predicted octanol–water partition coefficient (Wildman–Crippen LogP) is 3.80. The third kappa shape index (κ3) is 8.30. The Bertz CT molecular complexity index is 1310. The van der Waals surface area contributed by atoms with E-state index in [1.54, 1.807) is 12.1 Å². The van der Waals surface area contributed by atoms with Crippen molar-refractivity contribution in [1.82, 2.24) is 15.3 Å². The van der Waals surface area contributed by atoms with Crippen LogP contribution in [-0.2, 0) is 15.9 Å². The van der Waals surface area contributed by atoms with Gasteiger partial charge in [0.15, 0.2) is 5.11 Å². The number of carbonyl (C=O) groups excluding carboxylic acids is 2. The van der Waals surface area contributed by atoms with Crippen LogP contribution in [0.4, 0.5) is 16.0 Å². The number of guanidine groups is 1. The molecular weight excluding hydrogens is 511 g/mol. The molecule has 0 aliphatic carbocycles. The van der Waals surface area contributed by atoms with E-state index in [9.17, 15) is 14.0 Å². The lowest BCUT2D eigenvalue weighted by Crippen LogP contribution is -2.39. The van der Waals surface area contributed by atoms with E-state index in [-0.39, 0.29) is 28.0 Å². The third-order valence-corrected chi connectivity index (χ3v) is 5.27. The van der Waals surface area contributed by atoms with Crippen LogP contribution < -0.4 is 16.0 Å². The van der Waals surface area contributed by atoms with Gasteiger partial charge in [0.1, 0.15) is 5.82 Å². The summed E-state index contributed by atoms with van der Waals surface area (Å²) in [7, 11) is 2.48. The summed E-state index contributed by atoms with van der Waals surface area (Å²) in [4.78, 5) is 37.5. The van der Waals surface area contributed by atoms with E-state index in [0.29, 0.717) is 24.6 Å². The average Bonchev–Trinajstić information content (AvgIpc) is 2.87. The van der Waals surface area contributed by atoms with Gasteiger partial charge >= 0.3 is 11.9 Å². The molecule has 10 nitrogen and oxygen atoms in total. The molecule has 38 heavy (non-hydrogen) atoms. The molecule has 0 aliphatic rings. The number of aliphatic imine (C=N–C) groups is 1. The summed E-state index contributed by atoms with van der Waals surface area (Å²) in [6, 6.07) is 12.3. The van der Waals surface area contributed by atoms with E-state index in [2.05, 4.69) is 30.9 Å². The van der Waals surface area contributed by atoms with Gasteiger partial charge in [-0.15, -0.1) is 0 Å². The average molecular weight is 539 g/mol. The molecule has 0 aliphatic heterocycles. The fourth-order valence-electron chi connectivity index (χ4n) is 3.39.